The van der Waals surface area contributed by atoms with E-state index in [0.29, 0.717) is 28.5 Å². The molecule has 2 aliphatic rings. The lowest BCUT2D eigenvalue weighted by molar-refractivity contribution is 0.0874. The van der Waals surface area contributed by atoms with Crippen molar-refractivity contribution in [1.82, 2.24) is 15.1 Å². The highest BCUT2D eigenvalue weighted by molar-refractivity contribution is 5.99. The van der Waals surface area contributed by atoms with Gasteiger partial charge in [0, 0.05) is 25.3 Å². The maximum Gasteiger partial charge on any atom is 0.255 e. The number of furan rings is 1. The monoisotopic (exact) mass is 300 g/mol. The Morgan fingerprint density at radius 1 is 1.45 bits per heavy atom. The molecule has 2 fully saturated rings. The van der Waals surface area contributed by atoms with Crippen LogP contribution in [0.1, 0.15) is 35.4 Å². The van der Waals surface area contributed by atoms with Crippen molar-refractivity contribution in [2.75, 3.05) is 0 Å². The third-order valence-corrected chi connectivity index (χ3v) is 4.94. The van der Waals surface area contributed by atoms with E-state index in [9.17, 15) is 4.79 Å². The van der Waals surface area contributed by atoms with Crippen LogP contribution >= 0.6 is 0 Å². The van der Waals surface area contributed by atoms with Crippen molar-refractivity contribution in [3.8, 4) is 11.5 Å². The second kappa shape index (κ2) is 4.46. The molecule has 2 saturated carbocycles. The predicted octanol–water partition coefficient (Wildman–Crippen LogP) is 1.60. The Morgan fingerprint density at radius 3 is 2.77 bits per heavy atom. The van der Waals surface area contributed by atoms with Gasteiger partial charge in [0.25, 0.3) is 5.91 Å². The van der Waals surface area contributed by atoms with E-state index < -0.39 is 0 Å². The molecule has 2 aromatic heterocycles. The third kappa shape index (κ3) is 2.06. The van der Waals surface area contributed by atoms with E-state index in [1.807, 2.05) is 19.1 Å². The highest BCUT2D eigenvalue weighted by Crippen LogP contribution is 2.59. The van der Waals surface area contributed by atoms with Crippen LogP contribution in [0.25, 0.3) is 11.5 Å². The number of nitrogens with one attached hydrogen (secondary N) is 1. The van der Waals surface area contributed by atoms with Gasteiger partial charge in [0.2, 0.25) is 0 Å². The molecule has 1 atom stereocenters. The van der Waals surface area contributed by atoms with Crippen LogP contribution in [0.2, 0.25) is 0 Å². The zero-order valence-corrected chi connectivity index (χ0v) is 12.8. The fourth-order valence-corrected chi connectivity index (χ4v) is 3.53. The van der Waals surface area contributed by atoms with Crippen molar-refractivity contribution in [3.63, 3.8) is 0 Å². The molecule has 1 amide bonds. The van der Waals surface area contributed by atoms with Crippen molar-refractivity contribution in [2.45, 2.75) is 38.3 Å². The first kappa shape index (κ1) is 13.6. The molecule has 0 aliphatic heterocycles. The molecule has 6 nitrogen and oxygen atoms in total. The summed E-state index contributed by atoms with van der Waals surface area (Å²) in [4.78, 5) is 12.5. The molecular formula is C16H20N4O2. The molecule has 0 bridgehead atoms. The van der Waals surface area contributed by atoms with Gasteiger partial charge in [-0.2, -0.15) is 5.10 Å². The van der Waals surface area contributed by atoms with Gasteiger partial charge < -0.3 is 15.5 Å². The second-order valence-corrected chi connectivity index (χ2v) is 6.73. The van der Waals surface area contributed by atoms with Crippen molar-refractivity contribution in [1.29, 1.82) is 0 Å². The third-order valence-electron chi connectivity index (χ3n) is 4.94. The number of hydrogen-bond acceptors (Lipinski definition) is 4. The maximum atomic E-state index is 12.5. The van der Waals surface area contributed by atoms with Gasteiger partial charge >= 0.3 is 0 Å². The fourth-order valence-electron chi connectivity index (χ4n) is 3.53. The van der Waals surface area contributed by atoms with Crippen LogP contribution < -0.4 is 11.1 Å². The average Bonchev–Trinajstić information content (AvgIpc) is 2.79. The molecule has 3 N–H and O–H groups in total. The van der Waals surface area contributed by atoms with Crippen LogP contribution in [0.3, 0.4) is 0 Å². The van der Waals surface area contributed by atoms with Crippen LogP contribution in [0.4, 0.5) is 0 Å². The van der Waals surface area contributed by atoms with Gasteiger partial charge in [-0.05, 0) is 43.7 Å². The largest absolute Gasteiger partial charge is 0.460 e. The van der Waals surface area contributed by atoms with E-state index in [-0.39, 0.29) is 11.9 Å². The summed E-state index contributed by atoms with van der Waals surface area (Å²) < 4.78 is 7.24. The topological polar surface area (TPSA) is 86.1 Å². The molecule has 4 rings (SSSR count). The van der Waals surface area contributed by atoms with E-state index >= 15 is 0 Å². The summed E-state index contributed by atoms with van der Waals surface area (Å²) in [5, 5.41) is 7.45. The first-order valence-corrected chi connectivity index (χ1v) is 7.64. The highest BCUT2D eigenvalue weighted by atomic mass is 16.3. The summed E-state index contributed by atoms with van der Waals surface area (Å²) >= 11 is 0. The maximum absolute atomic E-state index is 12.5. The average molecular weight is 300 g/mol. The number of aromatic nitrogens is 2. The highest BCUT2D eigenvalue weighted by Gasteiger charge is 2.60. The molecular weight excluding hydrogens is 280 g/mol. The molecule has 2 heterocycles. The number of amides is 1. The number of rotatable bonds is 3. The molecule has 22 heavy (non-hydrogen) atoms. The molecule has 1 spiro atoms. The predicted molar refractivity (Wildman–Crippen MR) is 81.2 cm³/mol. The summed E-state index contributed by atoms with van der Waals surface area (Å²) in [7, 11) is 1.80. The van der Waals surface area contributed by atoms with Crippen LogP contribution in [0.15, 0.2) is 22.7 Å². The molecule has 0 aromatic carbocycles. The summed E-state index contributed by atoms with van der Waals surface area (Å²) in [6, 6.07) is 4.28. The summed E-state index contributed by atoms with van der Waals surface area (Å²) in [5.41, 5.74) is 7.40. The first-order valence-electron chi connectivity index (χ1n) is 7.64. The number of aryl methyl sites for hydroxylation is 2. The minimum Gasteiger partial charge on any atom is -0.460 e. The first-order chi connectivity index (χ1) is 10.5. The Balaban J connectivity index is 1.51. The molecule has 6 heteroatoms. The zero-order chi connectivity index (χ0) is 15.5. The minimum atomic E-state index is -0.0915. The number of carbonyl (C=O) groups excluding carboxylic acids is 1. The summed E-state index contributed by atoms with van der Waals surface area (Å²) in [6.45, 7) is 1.87. The Bertz CT molecular complexity index is 739. The molecule has 0 saturated heterocycles. The van der Waals surface area contributed by atoms with E-state index in [2.05, 4.69) is 10.4 Å². The molecule has 2 aromatic rings. The molecule has 0 radical (unpaired) electrons. The SMILES string of the molecule is Cc1ccc(-c2nn(C)cc2C(=O)NC2CC3(C2)CC3N)o1. The molecule has 2 aliphatic carbocycles. The molecule has 116 valence electrons. The number of hydrogen-bond donors (Lipinski definition) is 2. The van der Waals surface area contributed by atoms with Gasteiger partial charge in [0.15, 0.2) is 5.76 Å². The Labute approximate surface area is 128 Å². The Kier molecular flexibility index (Phi) is 2.75. The normalized spacial score (nSPS) is 29.4. The van der Waals surface area contributed by atoms with Crippen molar-refractivity contribution in [3.05, 3.63) is 29.7 Å². The van der Waals surface area contributed by atoms with Gasteiger partial charge in [-0.1, -0.05) is 0 Å². The Morgan fingerprint density at radius 2 is 2.18 bits per heavy atom. The van der Waals surface area contributed by atoms with Gasteiger partial charge in [0.1, 0.15) is 11.5 Å². The molecule has 1 unspecified atom stereocenters. The zero-order valence-electron chi connectivity index (χ0n) is 12.8. The quantitative estimate of drug-likeness (QED) is 0.901. The van der Waals surface area contributed by atoms with Gasteiger partial charge in [-0.3, -0.25) is 9.48 Å². The number of nitrogens with zero attached hydrogens (tertiary/aromatic N) is 2. The lowest BCUT2D eigenvalue weighted by Gasteiger charge is -2.36. The van der Waals surface area contributed by atoms with Crippen molar-refractivity contribution < 1.29 is 9.21 Å². The van der Waals surface area contributed by atoms with Crippen LogP contribution in [0, 0.1) is 12.3 Å². The standard InChI is InChI=1S/C16H20N4O2/c1-9-3-4-12(22-9)14-11(8-20(2)19-14)15(21)18-10-5-16(6-10)7-13(16)17/h3-4,8,10,13H,5-7,17H2,1-2H3,(H,18,21). The lowest BCUT2D eigenvalue weighted by atomic mass is 9.76. The van der Waals surface area contributed by atoms with E-state index in [0.717, 1.165) is 25.0 Å². The van der Waals surface area contributed by atoms with E-state index in [1.54, 1.807) is 17.9 Å². The van der Waals surface area contributed by atoms with Crippen LogP contribution in [0.5, 0.6) is 0 Å². The lowest BCUT2D eigenvalue weighted by Crippen LogP contribution is -2.47. The van der Waals surface area contributed by atoms with Crippen molar-refractivity contribution >= 4 is 5.91 Å². The number of carbonyl (C=O) groups is 1. The van der Waals surface area contributed by atoms with E-state index in [1.165, 1.54) is 0 Å². The van der Waals surface area contributed by atoms with Crippen molar-refractivity contribution in [2.24, 2.45) is 18.2 Å². The summed E-state index contributed by atoms with van der Waals surface area (Å²) in [5.74, 6) is 1.33. The van der Waals surface area contributed by atoms with Gasteiger partial charge in [-0.25, -0.2) is 0 Å². The fraction of sp³-hybridized carbons (Fsp3) is 0.500. The summed E-state index contributed by atoms with van der Waals surface area (Å²) in [6.07, 6.45) is 4.83. The smallest absolute Gasteiger partial charge is 0.255 e. The van der Waals surface area contributed by atoms with Gasteiger partial charge in [-0.15, -0.1) is 0 Å². The Hall–Kier alpha value is -2.08. The van der Waals surface area contributed by atoms with E-state index in [4.69, 9.17) is 10.2 Å². The minimum absolute atomic E-state index is 0.0915. The van der Waals surface area contributed by atoms with Crippen LogP contribution in [-0.2, 0) is 7.05 Å². The van der Waals surface area contributed by atoms with Gasteiger partial charge in [0.05, 0.1) is 5.56 Å². The second-order valence-electron chi connectivity index (χ2n) is 6.73. The number of nitrogens with two attached hydrogens (primary N) is 1. The van der Waals surface area contributed by atoms with Crippen LogP contribution in [-0.4, -0.2) is 27.8 Å².